The molecule has 1 aromatic carbocycles. The average molecular weight is 218 g/mol. The van der Waals surface area contributed by atoms with Crippen molar-refractivity contribution in [2.75, 3.05) is 0 Å². The molecule has 0 heteroatoms. The minimum absolute atomic E-state index is 0.769. The Balaban J connectivity index is 2.83. The predicted octanol–water partition coefficient (Wildman–Crippen LogP) is 5.24. The zero-order chi connectivity index (χ0) is 12.0. The van der Waals surface area contributed by atoms with Crippen molar-refractivity contribution in [3.63, 3.8) is 0 Å². The molecule has 0 heterocycles. The highest BCUT2D eigenvalue weighted by molar-refractivity contribution is 5.33. The minimum Gasteiger partial charge on any atom is -0.0654 e. The van der Waals surface area contributed by atoms with Crippen molar-refractivity contribution in [2.45, 2.75) is 65.7 Å². The summed E-state index contributed by atoms with van der Waals surface area (Å²) < 4.78 is 0. The van der Waals surface area contributed by atoms with Gasteiger partial charge in [-0.05, 0) is 48.8 Å². The largest absolute Gasteiger partial charge is 0.0654 e. The third-order valence-electron chi connectivity index (χ3n) is 3.62. The number of benzene rings is 1. The van der Waals surface area contributed by atoms with Gasteiger partial charge in [-0.2, -0.15) is 0 Å². The number of rotatable bonds is 6. The SMILES string of the molecule is CCCCC(CC)c1ccc(C)c(CC)c1. The van der Waals surface area contributed by atoms with Gasteiger partial charge in [0, 0.05) is 0 Å². The summed E-state index contributed by atoms with van der Waals surface area (Å²) in [6.45, 7) is 9.06. The molecule has 0 aromatic heterocycles. The molecule has 1 unspecified atom stereocenters. The molecule has 0 aliphatic carbocycles. The van der Waals surface area contributed by atoms with Crippen LogP contribution in [0.15, 0.2) is 18.2 Å². The lowest BCUT2D eigenvalue weighted by Crippen LogP contribution is -1.99. The molecule has 0 fully saturated rings. The number of hydrogen-bond acceptors (Lipinski definition) is 0. The van der Waals surface area contributed by atoms with Crippen LogP contribution in [-0.2, 0) is 6.42 Å². The first-order valence-electron chi connectivity index (χ1n) is 6.82. The van der Waals surface area contributed by atoms with Crippen LogP contribution in [0.1, 0.15) is 69.1 Å². The van der Waals surface area contributed by atoms with Crippen molar-refractivity contribution in [1.29, 1.82) is 0 Å². The minimum atomic E-state index is 0.769. The lowest BCUT2D eigenvalue weighted by molar-refractivity contribution is 0.569. The molecule has 0 amide bonds. The third-order valence-corrected chi connectivity index (χ3v) is 3.62. The van der Waals surface area contributed by atoms with Crippen molar-refractivity contribution in [2.24, 2.45) is 0 Å². The summed E-state index contributed by atoms with van der Waals surface area (Å²) in [5, 5.41) is 0. The van der Waals surface area contributed by atoms with E-state index in [1.54, 1.807) is 5.56 Å². The lowest BCUT2D eigenvalue weighted by Gasteiger charge is -2.17. The third kappa shape index (κ3) is 3.37. The molecule has 0 N–H and O–H groups in total. The molecule has 1 atom stereocenters. The fourth-order valence-corrected chi connectivity index (χ4v) is 2.38. The van der Waals surface area contributed by atoms with E-state index in [2.05, 4.69) is 45.9 Å². The molecular formula is C16H26. The normalized spacial score (nSPS) is 12.8. The molecule has 0 nitrogen and oxygen atoms in total. The predicted molar refractivity (Wildman–Crippen MR) is 73.1 cm³/mol. The molecular weight excluding hydrogens is 192 g/mol. The summed E-state index contributed by atoms with van der Waals surface area (Å²) in [6.07, 6.45) is 6.44. The van der Waals surface area contributed by atoms with Crippen molar-refractivity contribution in [1.82, 2.24) is 0 Å². The van der Waals surface area contributed by atoms with Gasteiger partial charge in [0.05, 0.1) is 0 Å². The Hall–Kier alpha value is -0.780. The Morgan fingerprint density at radius 3 is 2.44 bits per heavy atom. The van der Waals surface area contributed by atoms with Gasteiger partial charge in [0.2, 0.25) is 0 Å². The van der Waals surface area contributed by atoms with Crippen molar-refractivity contribution in [3.8, 4) is 0 Å². The first kappa shape index (κ1) is 13.3. The highest BCUT2D eigenvalue weighted by atomic mass is 14.1. The van der Waals surface area contributed by atoms with Gasteiger partial charge in [0.25, 0.3) is 0 Å². The van der Waals surface area contributed by atoms with Crippen LogP contribution >= 0.6 is 0 Å². The first-order valence-corrected chi connectivity index (χ1v) is 6.82. The van der Waals surface area contributed by atoms with Crippen LogP contribution in [0.5, 0.6) is 0 Å². The van der Waals surface area contributed by atoms with E-state index in [9.17, 15) is 0 Å². The van der Waals surface area contributed by atoms with Gasteiger partial charge < -0.3 is 0 Å². The summed E-state index contributed by atoms with van der Waals surface area (Å²) in [7, 11) is 0. The Labute approximate surface area is 101 Å². The van der Waals surface area contributed by atoms with Crippen LogP contribution in [0.25, 0.3) is 0 Å². The Kier molecular flexibility index (Phi) is 5.59. The zero-order valence-corrected chi connectivity index (χ0v) is 11.3. The number of unbranched alkanes of at least 4 members (excludes halogenated alkanes) is 1. The Morgan fingerprint density at radius 1 is 1.12 bits per heavy atom. The van der Waals surface area contributed by atoms with Crippen molar-refractivity contribution >= 4 is 0 Å². The lowest BCUT2D eigenvalue weighted by atomic mass is 9.89. The first-order chi connectivity index (χ1) is 7.72. The van der Waals surface area contributed by atoms with Crippen molar-refractivity contribution < 1.29 is 0 Å². The van der Waals surface area contributed by atoms with Gasteiger partial charge >= 0.3 is 0 Å². The maximum Gasteiger partial charge on any atom is -0.0164 e. The van der Waals surface area contributed by atoms with Gasteiger partial charge in [-0.1, -0.05) is 51.8 Å². The van der Waals surface area contributed by atoms with Crippen LogP contribution < -0.4 is 0 Å². The number of hydrogen-bond donors (Lipinski definition) is 0. The molecule has 0 aliphatic heterocycles. The smallest absolute Gasteiger partial charge is 0.0164 e. The van der Waals surface area contributed by atoms with E-state index in [-0.39, 0.29) is 0 Å². The fourth-order valence-electron chi connectivity index (χ4n) is 2.38. The summed E-state index contributed by atoms with van der Waals surface area (Å²) >= 11 is 0. The maximum absolute atomic E-state index is 2.43. The van der Waals surface area contributed by atoms with E-state index in [0.717, 1.165) is 12.3 Å². The molecule has 16 heavy (non-hydrogen) atoms. The highest BCUT2D eigenvalue weighted by Crippen LogP contribution is 2.27. The van der Waals surface area contributed by atoms with Crippen LogP contribution in [0.4, 0.5) is 0 Å². The maximum atomic E-state index is 2.43. The second-order valence-corrected chi connectivity index (χ2v) is 4.79. The van der Waals surface area contributed by atoms with Gasteiger partial charge in [-0.15, -0.1) is 0 Å². The van der Waals surface area contributed by atoms with E-state index in [4.69, 9.17) is 0 Å². The zero-order valence-electron chi connectivity index (χ0n) is 11.3. The van der Waals surface area contributed by atoms with Gasteiger partial charge in [-0.3, -0.25) is 0 Å². The van der Waals surface area contributed by atoms with Gasteiger partial charge in [0.15, 0.2) is 0 Å². The molecule has 1 aromatic rings. The topological polar surface area (TPSA) is 0 Å². The van der Waals surface area contributed by atoms with Gasteiger partial charge in [0.1, 0.15) is 0 Å². The molecule has 1 rings (SSSR count). The van der Waals surface area contributed by atoms with Crippen LogP contribution in [-0.4, -0.2) is 0 Å². The highest BCUT2D eigenvalue weighted by Gasteiger charge is 2.09. The van der Waals surface area contributed by atoms with E-state index in [0.29, 0.717) is 0 Å². The summed E-state index contributed by atoms with van der Waals surface area (Å²) in [5.74, 6) is 0.769. The van der Waals surface area contributed by atoms with E-state index in [1.807, 2.05) is 0 Å². The molecule has 0 aliphatic rings. The Morgan fingerprint density at radius 2 is 1.88 bits per heavy atom. The molecule has 90 valence electrons. The molecule has 0 saturated carbocycles. The number of aryl methyl sites for hydroxylation is 2. The standard InChI is InChI=1S/C16H26/c1-5-8-9-14(6-2)16-11-10-13(4)15(7-3)12-16/h10-12,14H,5-9H2,1-4H3. The summed E-state index contributed by atoms with van der Waals surface area (Å²) in [4.78, 5) is 0. The average Bonchev–Trinajstić information content (AvgIpc) is 2.32. The van der Waals surface area contributed by atoms with E-state index in [1.165, 1.54) is 36.8 Å². The van der Waals surface area contributed by atoms with E-state index < -0.39 is 0 Å². The Bertz CT molecular complexity index is 312. The summed E-state index contributed by atoms with van der Waals surface area (Å²) in [6, 6.07) is 7.06. The molecule has 0 saturated heterocycles. The second-order valence-electron chi connectivity index (χ2n) is 4.79. The van der Waals surface area contributed by atoms with Crippen molar-refractivity contribution in [3.05, 3.63) is 34.9 Å². The van der Waals surface area contributed by atoms with Crippen LogP contribution in [0, 0.1) is 6.92 Å². The quantitative estimate of drug-likeness (QED) is 0.612. The second kappa shape index (κ2) is 6.73. The van der Waals surface area contributed by atoms with Crippen LogP contribution in [0.2, 0.25) is 0 Å². The van der Waals surface area contributed by atoms with E-state index >= 15 is 0 Å². The molecule has 0 bridgehead atoms. The monoisotopic (exact) mass is 218 g/mol. The van der Waals surface area contributed by atoms with Crippen LogP contribution in [0.3, 0.4) is 0 Å². The fraction of sp³-hybridized carbons (Fsp3) is 0.625. The molecule has 0 spiro atoms. The molecule has 0 radical (unpaired) electrons. The summed E-state index contributed by atoms with van der Waals surface area (Å²) in [5.41, 5.74) is 4.52. The van der Waals surface area contributed by atoms with Gasteiger partial charge in [-0.25, -0.2) is 0 Å².